The molecule has 0 aromatic heterocycles. The smallest absolute Gasteiger partial charge is 0.317 e. The van der Waals surface area contributed by atoms with Crippen molar-refractivity contribution in [2.45, 2.75) is 19.5 Å². The Labute approximate surface area is 154 Å². The molecular weight excluding hydrogens is 334 g/mol. The number of rotatable bonds is 4. The lowest BCUT2D eigenvalue weighted by molar-refractivity contribution is 0.133. The first-order valence-electron chi connectivity index (χ1n) is 8.69. The number of piperazine rings is 1. The summed E-state index contributed by atoms with van der Waals surface area (Å²) in [6, 6.07) is 18.0. The van der Waals surface area contributed by atoms with Crippen molar-refractivity contribution in [2.24, 2.45) is 0 Å². The molecule has 132 valence electrons. The molecule has 1 atom stereocenters. The van der Waals surface area contributed by atoms with E-state index in [0.717, 1.165) is 38.3 Å². The van der Waals surface area contributed by atoms with E-state index in [2.05, 4.69) is 34.5 Å². The Hall–Kier alpha value is -2.04. The van der Waals surface area contributed by atoms with Gasteiger partial charge in [0.1, 0.15) is 0 Å². The van der Waals surface area contributed by atoms with Crippen molar-refractivity contribution in [3.8, 4) is 0 Å². The van der Waals surface area contributed by atoms with Crippen LogP contribution in [-0.4, -0.2) is 42.0 Å². The SMILES string of the molecule is CC(NC(=O)N1CCN(Cc2ccccc2)CC1)c1ccc(Cl)cc1. The van der Waals surface area contributed by atoms with Crippen LogP contribution in [0.2, 0.25) is 5.02 Å². The fraction of sp³-hybridized carbons (Fsp3) is 0.350. The van der Waals surface area contributed by atoms with Crippen LogP contribution in [-0.2, 0) is 6.54 Å². The topological polar surface area (TPSA) is 35.6 Å². The molecule has 1 heterocycles. The molecule has 25 heavy (non-hydrogen) atoms. The number of nitrogens with zero attached hydrogens (tertiary/aromatic N) is 2. The van der Waals surface area contributed by atoms with Crippen LogP contribution < -0.4 is 5.32 Å². The summed E-state index contributed by atoms with van der Waals surface area (Å²) in [4.78, 5) is 16.8. The molecule has 1 aliphatic heterocycles. The first kappa shape index (κ1) is 17.8. The van der Waals surface area contributed by atoms with Gasteiger partial charge in [0.25, 0.3) is 0 Å². The van der Waals surface area contributed by atoms with E-state index in [1.54, 1.807) is 0 Å². The minimum Gasteiger partial charge on any atom is -0.331 e. The zero-order valence-corrected chi connectivity index (χ0v) is 15.2. The molecule has 0 saturated carbocycles. The number of halogens is 1. The van der Waals surface area contributed by atoms with Crippen LogP contribution in [0.15, 0.2) is 54.6 Å². The monoisotopic (exact) mass is 357 g/mol. The molecule has 1 saturated heterocycles. The average molecular weight is 358 g/mol. The molecule has 5 heteroatoms. The van der Waals surface area contributed by atoms with Crippen molar-refractivity contribution in [1.82, 2.24) is 15.1 Å². The maximum absolute atomic E-state index is 12.5. The number of urea groups is 1. The van der Waals surface area contributed by atoms with E-state index in [1.807, 2.05) is 42.2 Å². The summed E-state index contributed by atoms with van der Waals surface area (Å²) in [6.45, 7) is 6.25. The minimum absolute atomic E-state index is 0.00168. The first-order valence-corrected chi connectivity index (χ1v) is 9.07. The van der Waals surface area contributed by atoms with Crippen LogP contribution in [0, 0.1) is 0 Å². The van der Waals surface area contributed by atoms with Crippen molar-refractivity contribution in [3.05, 3.63) is 70.7 Å². The summed E-state index contributed by atoms with van der Waals surface area (Å²) in [7, 11) is 0. The Bertz CT molecular complexity index is 682. The maximum Gasteiger partial charge on any atom is 0.317 e. The lowest BCUT2D eigenvalue weighted by Gasteiger charge is -2.35. The van der Waals surface area contributed by atoms with Gasteiger partial charge in [-0.3, -0.25) is 4.90 Å². The Morgan fingerprint density at radius 2 is 1.68 bits per heavy atom. The predicted octanol–water partition coefficient (Wildman–Crippen LogP) is 3.93. The highest BCUT2D eigenvalue weighted by molar-refractivity contribution is 6.30. The van der Waals surface area contributed by atoms with E-state index in [1.165, 1.54) is 5.56 Å². The van der Waals surface area contributed by atoms with E-state index in [9.17, 15) is 4.79 Å². The number of carbonyl (C=O) groups excluding carboxylic acids is 1. The van der Waals surface area contributed by atoms with Crippen LogP contribution in [0.3, 0.4) is 0 Å². The van der Waals surface area contributed by atoms with Crippen LogP contribution in [0.5, 0.6) is 0 Å². The fourth-order valence-corrected chi connectivity index (χ4v) is 3.19. The number of hydrogen-bond donors (Lipinski definition) is 1. The predicted molar refractivity (Wildman–Crippen MR) is 102 cm³/mol. The highest BCUT2D eigenvalue weighted by Crippen LogP contribution is 2.16. The summed E-state index contributed by atoms with van der Waals surface area (Å²) < 4.78 is 0. The van der Waals surface area contributed by atoms with E-state index >= 15 is 0 Å². The van der Waals surface area contributed by atoms with Crippen LogP contribution in [0.1, 0.15) is 24.1 Å². The molecule has 2 aromatic carbocycles. The lowest BCUT2D eigenvalue weighted by atomic mass is 10.1. The van der Waals surface area contributed by atoms with Gasteiger partial charge in [0, 0.05) is 37.7 Å². The number of amides is 2. The van der Waals surface area contributed by atoms with Gasteiger partial charge in [0.2, 0.25) is 0 Å². The Kier molecular flexibility index (Phi) is 5.95. The summed E-state index contributed by atoms with van der Waals surface area (Å²) in [5, 5.41) is 3.78. The van der Waals surface area contributed by atoms with Gasteiger partial charge >= 0.3 is 6.03 Å². The fourth-order valence-electron chi connectivity index (χ4n) is 3.06. The molecule has 1 unspecified atom stereocenters. The second-order valence-corrected chi connectivity index (χ2v) is 6.91. The molecular formula is C20H24ClN3O. The van der Waals surface area contributed by atoms with Gasteiger partial charge in [-0.1, -0.05) is 54.1 Å². The van der Waals surface area contributed by atoms with Gasteiger partial charge < -0.3 is 10.2 Å². The lowest BCUT2D eigenvalue weighted by Crippen LogP contribution is -2.51. The molecule has 2 aromatic rings. The molecule has 2 amide bonds. The number of nitrogens with one attached hydrogen (secondary N) is 1. The highest BCUT2D eigenvalue weighted by atomic mass is 35.5. The number of carbonyl (C=O) groups is 1. The molecule has 4 nitrogen and oxygen atoms in total. The van der Waals surface area contributed by atoms with Gasteiger partial charge in [0.15, 0.2) is 0 Å². The third-order valence-corrected chi connectivity index (χ3v) is 4.87. The van der Waals surface area contributed by atoms with Crippen LogP contribution >= 0.6 is 11.6 Å². The summed E-state index contributed by atoms with van der Waals surface area (Å²) in [6.07, 6.45) is 0. The summed E-state index contributed by atoms with van der Waals surface area (Å²) >= 11 is 5.92. The Morgan fingerprint density at radius 1 is 1.04 bits per heavy atom. The quantitative estimate of drug-likeness (QED) is 0.899. The molecule has 0 spiro atoms. The minimum atomic E-state index is -0.0351. The van der Waals surface area contributed by atoms with Crippen LogP contribution in [0.25, 0.3) is 0 Å². The van der Waals surface area contributed by atoms with E-state index in [4.69, 9.17) is 11.6 Å². The Balaban J connectivity index is 1.47. The van der Waals surface area contributed by atoms with Crippen molar-refractivity contribution in [2.75, 3.05) is 26.2 Å². The maximum atomic E-state index is 12.5. The normalized spacial score (nSPS) is 16.5. The molecule has 0 radical (unpaired) electrons. The van der Waals surface area contributed by atoms with Crippen molar-refractivity contribution < 1.29 is 4.79 Å². The van der Waals surface area contributed by atoms with Gasteiger partial charge in [-0.2, -0.15) is 0 Å². The second kappa shape index (κ2) is 8.37. The molecule has 1 aliphatic rings. The van der Waals surface area contributed by atoms with Gasteiger partial charge in [-0.15, -0.1) is 0 Å². The Morgan fingerprint density at radius 3 is 2.32 bits per heavy atom. The van der Waals surface area contributed by atoms with Crippen molar-refractivity contribution in [1.29, 1.82) is 0 Å². The van der Waals surface area contributed by atoms with Crippen LogP contribution in [0.4, 0.5) is 4.79 Å². The van der Waals surface area contributed by atoms with Crippen molar-refractivity contribution >= 4 is 17.6 Å². The largest absolute Gasteiger partial charge is 0.331 e. The first-order chi connectivity index (χ1) is 12.1. The zero-order chi connectivity index (χ0) is 17.6. The van der Waals surface area contributed by atoms with Gasteiger partial charge in [-0.25, -0.2) is 4.79 Å². The second-order valence-electron chi connectivity index (χ2n) is 6.47. The average Bonchev–Trinajstić information content (AvgIpc) is 2.63. The third-order valence-electron chi connectivity index (χ3n) is 4.62. The summed E-state index contributed by atoms with van der Waals surface area (Å²) in [5.41, 5.74) is 2.37. The molecule has 1 N–H and O–H groups in total. The standard InChI is InChI=1S/C20H24ClN3O/c1-16(18-7-9-19(21)10-8-18)22-20(25)24-13-11-23(12-14-24)15-17-5-3-2-4-6-17/h2-10,16H,11-15H2,1H3,(H,22,25). The molecule has 1 fully saturated rings. The molecule has 3 rings (SSSR count). The molecule has 0 aliphatic carbocycles. The van der Waals surface area contributed by atoms with E-state index in [0.29, 0.717) is 5.02 Å². The van der Waals surface area contributed by atoms with Gasteiger partial charge in [-0.05, 0) is 30.2 Å². The number of hydrogen-bond acceptors (Lipinski definition) is 2. The highest BCUT2D eigenvalue weighted by Gasteiger charge is 2.22. The van der Waals surface area contributed by atoms with Crippen molar-refractivity contribution in [3.63, 3.8) is 0 Å². The third kappa shape index (κ3) is 4.97. The molecule has 0 bridgehead atoms. The van der Waals surface area contributed by atoms with Gasteiger partial charge in [0.05, 0.1) is 6.04 Å². The van der Waals surface area contributed by atoms with E-state index in [-0.39, 0.29) is 12.1 Å². The number of benzene rings is 2. The van der Waals surface area contributed by atoms with E-state index < -0.39 is 0 Å². The zero-order valence-electron chi connectivity index (χ0n) is 14.5. The summed E-state index contributed by atoms with van der Waals surface area (Å²) in [5.74, 6) is 0.